The van der Waals surface area contributed by atoms with Crippen molar-refractivity contribution in [1.29, 1.82) is 0 Å². The molecule has 1 saturated heterocycles. The van der Waals surface area contributed by atoms with Gasteiger partial charge in [-0.1, -0.05) is 13.8 Å². The number of nitrogens with two attached hydrogens (primary N) is 1. The van der Waals surface area contributed by atoms with Crippen LogP contribution in [0, 0.1) is 5.41 Å². The number of nitrogens with zero attached hydrogens (tertiary/aromatic N) is 1. The van der Waals surface area contributed by atoms with Crippen LogP contribution >= 0.6 is 0 Å². The molecule has 0 atom stereocenters. The van der Waals surface area contributed by atoms with E-state index in [-0.39, 0.29) is 17.9 Å². The maximum absolute atomic E-state index is 6.12. The molecule has 1 aliphatic heterocycles. The Kier molecular flexibility index (Phi) is 2.50. The monoisotopic (exact) mass is 218 g/mol. The Morgan fingerprint density at radius 2 is 2.06 bits per heavy atom. The number of hydrogen-bond donors (Lipinski definition) is 1. The molecular formula is C12H19BN2O. The second-order valence-corrected chi connectivity index (χ2v) is 5.72. The van der Waals surface area contributed by atoms with Crippen LogP contribution in [0.2, 0.25) is 6.32 Å². The van der Waals surface area contributed by atoms with E-state index >= 15 is 0 Å². The first kappa shape index (κ1) is 11.5. The van der Waals surface area contributed by atoms with Crippen LogP contribution in [0.25, 0.3) is 0 Å². The summed E-state index contributed by atoms with van der Waals surface area (Å²) in [6, 6.07) is 3.89. The summed E-state index contributed by atoms with van der Waals surface area (Å²) in [5, 5.41) is 0. The van der Waals surface area contributed by atoms with Crippen LogP contribution < -0.4 is 11.2 Å². The molecule has 1 aromatic heterocycles. The van der Waals surface area contributed by atoms with E-state index in [1.165, 1.54) is 0 Å². The summed E-state index contributed by atoms with van der Waals surface area (Å²) in [4.78, 5) is 4.01. The van der Waals surface area contributed by atoms with Crippen LogP contribution in [0.3, 0.4) is 0 Å². The molecule has 0 aliphatic carbocycles. The third kappa shape index (κ3) is 1.82. The lowest BCUT2D eigenvalue weighted by Gasteiger charge is -2.34. The molecule has 16 heavy (non-hydrogen) atoms. The van der Waals surface area contributed by atoms with E-state index in [0.29, 0.717) is 5.82 Å². The van der Waals surface area contributed by atoms with E-state index in [1.807, 2.05) is 12.1 Å². The van der Waals surface area contributed by atoms with Crippen molar-refractivity contribution in [2.45, 2.75) is 39.6 Å². The molecule has 1 aromatic rings. The number of anilines is 1. The number of nitrogen functional groups attached to an aromatic ring is 1. The second-order valence-electron chi connectivity index (χ2n) is 5.72. The first-order valence-electron chi connectivity index (χ1n) is 5.71. The van der Waals surface area contributed by atoms with Gasteiger partial charge < -0.3 is 10.4 Å². The number of rotatable bonds is 1. The Morgan fingerprint density at radius 1 is 1.38 bits per heavy atom. The fourth-order valence-electron chi connectivity index (χ4n) is 2.12. The number of pyridine rings is 1. The van der Waals surface area contributed by atoms with Crippen molar-refractivity contribution in [3.8, 4) is 0 Å². The van der Waals surface area contributed by atoms with Crippen molar-refractivity contribution in [2.75, 3.05) is 5.73 Å². The van der Waals surface area contributed by atoms with Gasteiger partial charge in [0.15, 0.2) is 0 Å². The van der Waals surface area contributed by atoms with E-state index in [0.717, 1.165) is 11.8 Å². The van der Waals surface area contributed by atoms with Crippen molar-refractivity contribution in [1.82, 2.24) is 4.98 Å². The summed E-state index contributed by atoms with van der Waals surface area (Å²) in [7, 11) is 0. The largest absolute Gasteiger partial charge is 0.426 e. The van der Waals surface area contributed by atoms with Gasteiger partial charge in [-0.3, -0.25) is 0 Å². The van der Waals surface area contributed by atoms with Crippen LogP contribution in [0.15, 0.2) is 18.3 Å². The smallest absolute Gasteiger partial charge is 0.328 e. The van der Waals surface area contributed by atoms with Gasteiger partial charge >= 0.3 is 6.92 Å². The highest BCUT2D eigenvalue weighted by Crippen LogP contribution is 2.44. The molecule has 3 nitrogen and oxygen atoms in total. The summed E-state index contributed by atoms with van der Waals surface area (Å²) in [6.07, 6.45) is 2.76. The van der Waals surface area contributed by atoms with E-state index in [4.69, 9.17) is 10.4 Å². The summed E-state index contributed by atoms with van der Waals surface area (Å²) in [5.74, 6) is 0.559. The van der Waals surface area contributed by atoms with E-state index in [9.17, 15) is 0 Å². The van der Waals surface area contributed by atoms with Gasteiger partial charge in [-0.2, -0.15) is 0 Å². The lowest BCUT2D eigenvalue weighted by molar-refractivity contribution is 0.0375. The third-order valence-corrected chi connectivity index (χ3v) is 3.94. The van der Waals surface area contributed by atoms with Crippen molar-refractivity contribution in [3.05, 3.63) is 18.3 Å². The molecule has 0 saturated carbocycles. The van der Waals surface area contributed by atoms with Gasteiger partial charge in [0.2, 0.25) is 0 Å². The molecule has 0 radical (unpaired) electrons. The summed E-state index contributed by atoms with van der Waals surface area (Å²) < 4.78 is 6.12. The summed E-state index contributed by atoms with van der Waals surface area (Å²) >= 11 is 0. The van der Waals surface area contributed by atoms with Crippen molar-refractivity contribution in [2.24, 2.45) is 5.41 Å². The van der Waals surface area contributed by atoms with Crippen molar-refractivity contribution in [3.63, 3.8) is 0 Å². The minimum absolute atomic E-state index is 0.101. The molecule has 4 heteroatoms. The Hall–Kier alpha value is -1.03. The van der Waals surface area contributed by atoms with Crippen LogP contribution in [0.5, 0.6) is 0 Å². The first-order chi connectivity index (χ1) is 7.32. The molecule has 1 fully saturated rings. The Bertz CT molecular complexity index is 388. The zero-order valence-corrected chi connectivity index (χ0v) is 10.4. The minimum Gasteiger partial charge on any atom is -0.426 e. The zero-order chi connectivity index (χ0) is 12.0. The molecule has 2 N–H and O–H groups in total. The molecule has 2 heterocycles. The van der Waals surface area contributed by atoms with Gasteiger partial charge in [-0.05, 0) is 43.2 Å². The normalized spacial score (nSPS) is 22.4. The fourth-order valence-corrected chi connectivity index (χ4v) is 2.12. The number of hydrogen-bond acceptors (Lipinski definition) is 3. The Balaban J connectivity index is 2.27. The van der Waals surface area contributed by atoms with E-state index in [1.54, 1.807) is 6.20 Å². The van der Waals surface area contributed by atoms with Crippen LogP contribution in [-0.2, 0) is 4.65 Å². The van der Waals surface area contributed by atoms with Gasteiger partial charge in [0, 0.05) is 6.20 Å². The molecule has 0 spiro atoms. The second kappa shape index (κ2) is 3.49. The Labute approximate surface area is 97.5 Å². The minimum atomic E-state index is -0.101. The first-order valence-corrected chi connectivity index (χ1v) is 5.71. The lowest BCUT2D eigenvalue weighted by atomic mass is 9.54. The number of aromatic nitrogens is 1. The van der Waals surface area contributed by atoms with Gasteiger partial charge in [0.25, 0.3) is 0 Å². The molecule has 0 aromatic carbocycles. The standard InChI is InChI=1S/C12H19BN2O/c1-11(2)8-13(16-12(11,3)4)9-5-6-15-10(14)7-9/h5-7H,8H2,1-4H3,(H2,14,15). The van der Waals surface area contributed by atoms with E-state index < -0.39 is 0 Å². The van der Waals surface area contributed by atoms with Crippen LogP contribution in [-0.4, -0.2) is 17.5 Å². The molecule has 1 aliphatic rings. The topological polar surface area (TPSA) is 48.1 Å². The predicted octanol–water partition coefficient (Wildman–Crippen LogP) is 1.70. The van der Waals surface area contributed by atoms with Gasteiger partial charge in [-0.15, -0.1) is 0 Å². The molecule has 0 unspecified atom stereocenters. The SMILES string of the molecule is CC1(C)CB(c2ccnc(N)c2)OC1(C)C. The molecule has 2 rings (SSSR count). The maximum Gasteiger partial charge on any atom is 0.328 e. The average Bonchev–Trinajstić information content (AvgIpc) is 2.36. The van der Waals surface area contributed by atoms with Crippen LogP contribution in [0.4, 0.5) is 5.82 Å². The van der Waals surface area contributed by atoms with Crippen molar-refractivity contribution < 1.29 is 4.65 Å². The van der Waals surface area contributed by atoms with Gasteiger partial charge in [0.1, 0.15) is 5.82 Å². The third-order valence-electron chi connectivity index (χ3n) is 3.94. The average molecular weight is 218 g/mol. The van der Waals surface area contributed by atoms with Crippen molar-refractivity contribution >= 4 is 18.2 Å². The van der Waals surface area contributed by atoms with Gasteiger partial charge in [-0.25, -0.2) is 4.98 Å². The highest BCUT2D eigenvalue weighted by molar-refractivity contribution is 6.68. The fraction of sp³-hybridized carbons (Fsp3) is 0.583. The van der Waals surface area contributed by atoms with E-state index in [2.05, 4.69) is 32.7 Å². The molecule has 0 bridgehead atoms. The lowest BCUT2D eigenvalue weighted by Crippen LogP contribution is -2.36. The molecule has 86 valence electrons. The zero-order valence-electron chi connectivity index (χ0n) is 10.4. The highest BCUT2D eigenvalue weighted by atomic mass is 16.5. The molecular weight excluding hydrogens is 199 g/mol. The molecule has 0 amide bonds. The predicted molar refractivity (Wildman–Crippen MR) is 67.8 cm³/mol. The maximum atomic E-state index is 6.12. The highest BCUT2D eigenvalue weighted by Gasteiger charge is 2.49. The quantitative estimate of drug-likeness (QED) is 0.729. The summed E-state index contributed by atoms with van der Waals surface area (Å²) in [6.45, 7) is 8.93. The van der Waals surface area contributed by atoms with Gasteiger partial charge in [0.05, 0.1) is 5.60 Å². The van der Waals surface area contributed by atoms with Crippen LogP contribution in [0.1, 0.15) is 27.7 Å². The Morgan fingerprint density at radius 3 is 2.56 bits per heavy atom. The summed E-state index contributed by atoms with van der Waals surface area (Å²) in [5.41, 5.74) is 6.90.